The van der Waals surface area contributed by atoms with Crippen molar-refractivity contribution in [1.29, 1.82) is 0 Å². The lowest BCUT2D eigenvalue weighted by atomic mass is 9.97. The fourth-order valence-electron chi connectivity index (χ4n) is 3.87. The minimum absolute atomic E-state index is 0.0237. The number of hydrogen-bond acceptors (Lipinski definition) is 6. The molecular formula is C22H28N4O2S. The number of carbonyl (C=O) groups excluding carboxylic acids is 1. The minimum Gasteiger partial charge on any atom is -0.376 e. The van der Waals surface area contributed by atoms with Crippen molar-refractivity contribution in [3.63, 3.8) is 0 Å². The minimum atomic E-state index is -0.0237. The summed E-state index contributed by atoms with van der Waals surface area (Å²) in [5, 5.41) is 3.98. The van der Waals surface area contributed by atoms with Gasteiger partial charge >= 0.3 is 0 Å². The highest BCUT2D eigenvalue weighted by Crippen LogP contribution is 2.34. The maximum atomic E-state index is 12.7. The van der Waals surface area contributed by atoms with Crippen molar-refractivity contribution in [2.45, 2.75) is 48.6 Å². The molecule has 0 saturated carbocycles. The van der Waals surface area contributed by atoms with E-state index >= 15 is 0 Å². The van der Waals surface area contributed by atoms with Gasteiger partial charge in [0.2, 0.25) is 5.91 Å². The topological polar surface area (TPSA) is 67.4 Å². The number of amides is 1. The SMILES string of the molecule is Cc1ccc(Sc2nccnc2N2CCCC(C(=O)NCC3CCCO3)C2)cc1. The molecule has 1 aromatic carbocycles. The molecule has 2 saturated heterocycles. The lowest BCUT2D eigenvalue weighted by molar-refractivity contribution is -0.125. The molecule has 2 atom stereocenters. The summed E-state index contributed by atoms with van der Waals surface area (Å²) in [6.45, 7) is 5.09. The Morgan fingerprint density at radius 1 is 1.21 bits per heavy atom. The van der Waals surface area contributed by atoms with Gasteiger partial charge < -0.3 is 15.0 Å². The van der Waals surface area contributed by atoms with E-state index in [9.17, 15) is 4.79 Å². The third-order valence-corrected chi connectivity index (χ3v) is 6.49. The van der Waals surface area contributed by atoms with Gasteiger partial charge in [0.1, 0.15) is 5.03 Å². The Labute approximate surface area is 176 Å². The van der Waals surface area contributed by atoms with Crippen molar-refractivity contribution in [1.82, 2.24) is 15.3 Å². The van der Waals surface area contributed by atoms with Gasteiger partial charge in [0, 0.05) is 43.5 Å². The molecule has 3 heterocycles. The molecule has 0 bridgehead atoms. The zero-order valence-electron chi connectivity index (χ0n) is 16.8. The quantitative estimate of drug-likeness (QED) is 0.784. The Hall–Kier alpha value is -2.12. The number of anilines is 1. The summed E-state index contributed by atoms with van der Waals surface area (Å²) in [5.41, 5.74) is 1.24. The Morgan fingerprint density at radius 2 is 2.03 bits per heavy atom. The van der Waals surface area contributed by atoms with Gasteiger partial charge in [-0.05, 0) is 44.7 Å². The van der Waals surface area contributed by atoms with Crippen molar-refractivity contribution < 1.29 is 9.53 Å². The second-order valence-corrected chi connectivity index (χ2v) is 8.83. The molecule has 0 aliphatic carbocycles. The van der Waals surface area contributed by atoms with Crippen molar-refractivity contribution in [3.05, 3.63) is 42.2 Å². The standard InChI is InChI=1S/C22H28N4O2S/c1-16-6-8-19(9-7-16)29-22-20(23-10-11-24-22)26-12-2-4-17(15-26)21(27)25-14-18-5-3-13-28-18/h6-11,17-18H,2-5,12-15H2,1H3,(H,25,27). The molecule has 2 fully saturated rings. The van der Waals surface area contributed by atoms with Gasteiger partial charge in [-0.3, -0.25) is 4.79 Å². The molecule has 2 aliphatic rings. The summed E-state index contributed by atoms with van der Waals surface area (Å²) in [7, 11) is 0. The molecule has 7 heteroatoms. The fourth-order valence-corrected chi connectivity index (χ4v) is 4.75. The number of hydrogen-bond donors (Lipinski definition) is 1. The van der Waals surface area contributed by atoms with Gasteiger partial charge in [-0.1, -0.05) is 29.5 Å². The van der Waals surface area contributed by atoms with Gasteiger partial charge in [-0.15, -0.1) is 0 Å². The average molecular weight is 413 g/mol. The van der Waals surface area contributed by atoms with Crippen LogP contribution in [0.25, 0.3) is 0 Å². The van der Waals surface area contributed by atoms with Crippen molar-refractivity contribution in [2.75, 3.05) is 31.1 Å². The van der Waals surface area contributed by atoms with Crippen molar-refractivity contribution in [3.8, 4) is 0 Å². The van der Waals surface area contributed by atoms with E-state index in [-0.39, 0.29) is 17.9 Å². The van der Waals surface area contributed by atoms with Crippen LogP contribution in [-0.2, 0) is 9.53 Å². The molecule has 29 heavy (non-hydrogen) atoms. The van der Waals surface area contributed by atoms with E-state index in [1.165, 1.54) is 5.56 Å². The van der Waals surface area contributed by atoms with Crippen LogP contribution in [0.15, 0.2) is 46.6 Å². The van der Waals surface area contributed by atoms with Gasteiger partial charge in [0.05, 0.1) is 12.0 Å². The van der Waals surface area contributed by atoms with Gasteiger partial charge in [0.15, 0.2) is 5.82 Å². The zero-order chi connectivity index (χ0) is 20.1. The summed E-state index contributed by atoms with van der Waals surface area (Å²) < 4.78 is 5.61. The fraction of sp³-hybridized carbons (Fsp3) is 0.500. The summed E-state index contributed by atoms with van der Waals surface area (Å²) >= 11 is 1.62. The Balaban J connectivity index is 1.41. The summed E-state index contributed by atoms with van der Waals surface area (Å²) in [6.07, 6.45) is 7.65. The second kappa shape index (κ2) is 9.59. The molecule has 0 radical (unpaired) electrons. The molecule has 2 unspecified atom stereocenters. The van der Waals surface area contributed by atoms with Crippen molar-refractivity contribution in [2.24, 2.45) is 5.92 Å². The number of aromatic nitrogens is 2. The van der Waals surface area contributed by atoms with Crippen molar-refractivity contribution >= 4 is 23.5 Å². The predicted molar refractivity (Wildman–Crippen MR) is 114 cm³/mol. The lowest BCUT2D eigenvalue weighted by Gasteiger charge is -2.33. The predicted octanol–water partition coefficient (Wildman–Crippen LogP) is 3.45. The highest BCUT2D eigenvalue weighted by molar-refractivity contribution is 7.99. The normalized spacial score (nSPS) is 21.9. The van der Waals surface area contributed by atoms with Crippen LogP contribution in [0.3, 0.4) is 0 Å². The second-order valence-electron chi connectivity index (χ2n) is 7.77. The third kappa shape index (κ3) is 5.28. The highest BCUT2D eigenvalue weighted by atomic mass is 32.2. The number of ether oxygens (including phenoxy) is 1. The first-order valence-electron chi connectivity index (χ1n) is 10.4. The van der Waals surface area contributed by atoms with Gasteiger partial charge in [-0.25, -0.2) is 9.97 Å². The zero-order valence-corrected chi connectivity index (χ0v) is 17.7. The first-order chi connectivity index (χ1) is 14.2. The number of benzene rings is 1. The molecule has 154 valence electrons. The van der Waals surface area contributed by atoms with E-state index < -0.39 is 0 Å². The molecule has 1 aromatic heterocycles. The maximum absolute atomic E-state index is 12.7. The number of carbonyl (C=O) groups is 1. The Morgan fingerprint density at radius 3 is 2.83 bits per heavy atom. The molecule has 2 aromatic rings. The van der Waals surface area contributed by atoms with Gasteiger partial charge in [-0.2, -0.15) is 0 Å². The summed E-state index contributed by atoms with van der Waals surface area (Å²) in [5.74, 6) is 0.973. The number of piperidine rings is 1. The Kier molecular flexibility index (Phi) is 6.67. The van der Waals surface area contributed by atoms with E-state index in [4.69, 9.17) is 4.74 Å². The van der Waals surface area contributed by atoms with E-state index in [0.717, 1.165) is 54.6 Å². The van der Waals surface area contributed by atoms with Crippen LogP contribution in [0, 0.1) is 12.8 Å². The monoisotopic (exact) mass is 412 g/mol. The smallest absolute Gasteiger partial charge is 0.224 e. The van der Waals surface area contributed by atoms with Crippen LogP contribution in [0.2, 0.25) is 0 Å². The molecule has 0 spiro atoms. The molecule has 6 nitrogen and oxygen atoms in total. The first kappa shape index (κ1) is 20.2. The van der Waals surface area contributed by atoms with Crippen LogP contribution in [-0.4, -0.2) is 48.2 Å². The Bertz CT molecular complexity index is 824. The summed E-state index contributed by atoms with van der Waals surface area (Å²) in [6, 6.07) is 8.42. The van der Waals surface area contributed by atoms with E-state index in [0.29, 0.717) is 13.1 Å². The van der Waals surface area contributed by atoms with E-state index in [1.54, 1.807) is 24.2 Å². The molecule has 1 N–H and O–H groups in total. The molecule has 2 aliphatic heterocycles. The van der Waals surface area contributed by atoms with Crippen LogP contribution < -0.4 is 10.2 Å². The summed E-state index contributed by atoms with van der Waals surface area (Å²) in [4.78, 5) is 25.2. The highest BCUT2D eigenvalue weighted by Gasteiger charge is 2.28. The van der Waals surface area contributed by atoms with Gasteiger partial charge in [0.25, 0.3) is 0 Å². The number of nitrogens with zero attached hydrogens (tertiary/aromatic N) is 3. The van der Waals surface area contributed by atoms with Crippen LogP contribution in [0.1, 0.15) is 31.2 Å². The van der Waals surface area contributed by atoms with Crippen LogP contribution in [0.4, 0.5) is 5.82 Å². The van der Waals surface area contributed by atoms with E-state index in [2.05, 4.69) is 51.4 Å². The van der Waals surface area contributed by atoms with E-state index in [1.807, 2.05) is 0 Å². The number of nitrogens with one attached hydrogen (secondary N) is 1. The average Bonchev–Trinajstić information content (AvgIpc) is 3.28. The number of rotatable bonds is 6. The van der Waals surface area contributed by atoms with Crippen LogP contribution >= 0.6 is 11.8 Å². The lowest BCUT2D eigenvalue weighted by Crippen LogP contribution is -2.45. The number of aryl methyl sites for hydroxylation is 1. The third-order valence-electron chi connectivity index (χ3n) is 5.50. The molecular weight excluding hydrogens is 384 g/mol. The maximum Gasteiger partial charge on any atom is 0.224 e. The van der Waals surface area contributed by atoms with Crippen LogP contribution in [0.5, 0.6) is 0 Å². The first-order valence-corrected chi connectivity index (χ1v) is 11.2. The molecule has 4 rings (SSSR count). The molecule has 1 amide bonds. The largest absolute Gasteiger partial charge is 0.376 e.